The van der Waals surface area contributed by atoms with E-state index in [1.54, 1.807) is 41.3 Å². The summed E-state index contributed by atoms with van der Waals surface area (Å²) in [4.78, 5) is 20.8. The van der Waals surface area contributed by atoms with Gasteiger partial charge in [0.05, 0.1) is 0 Å². The zero-order valence-electron chi connectivity index (χ0n) is 18.7. The molecule has 3 heterocycles. The minimum atomic E-state index is -0.0771. The Hall–Kier alpha value is -4.22. The lowest BCUT2D eigenvalue weighted by Crippen LogP contribution is -2.48. The second-order valence-corrected chi connectivity index (χ2v) is 8.38. The van der Waals surface area contributed by atoms with Crippen LogP contribution in [-0.4, -0.2) is 42.0 Å². The van der Waals surface area contributed by atoms with Gasteiger partial charge in [-0.3, -0.25) is 4.79 Å². The zero-order chi connectivity index (χ0) is 24.2. The molecular formula is C26H21ClN4O4. The van der Waals surface area contributed by atoms with Crippen LogP contribution in [0.25, 0.3) is 11.7 Å². The molecule has 1 saturated heterocycles. The first-order chi connectivity index (χ1) is 17.1. The molecular weight excluding hydrogens is 468 g/mol. The Morgan fingerprint density at radius 2 is 1.83 bits per heavy atom. The van der Waals surface area contributed by atoms with Crippen LogP contribution in [0.1, 0.15) is 21.8 Å². The van der Waals surface area contributed by atoms with Gasteiger partial charge >= 0.3 is 0 Å². The van der Waals surface area contributed by atoms with Crippen LogP contribution in [0.5, 0.6) is 5.75 Å². The number of ether oxygens (including phenoxy) is 1. The van der Waals surface area contributed by atoms with Crippen LogP contribution < -0.4 is 9.64 Å². The number of aromatic nitrogens is 1. The Kier molecular flexibility index (Phi) is 6.42. The molecule has 1 aliphatic heterocycles. The second kappa shape index (κ2) is 9.95. The first-order valence-corrected chi connectivity index (χ1v) is 11.5. The molecule has 1 amide bonds. The van der Waals surface area contributed by atoms with Crippen molar-refractivity contribution >= 4 is 23.4 Å². The molecule has 35 heavy (non-hydrogen) atoms. The number of halogens is 1. The number of piperazine rings is 1. The molecule has 176 valence electrons. The highest BCUT2D eigenvalue weighted by molar-refractivity contribution is 6.30. The number of nitriles is 1. The van der Waals surface area contributed by atoms with Gasteiger partial charge < -0.3 is 23.4 Å². The third-order valence-corrected chi connectivity index (χ3v) is 5.87. The Bertz CT molecular complexity index is 1370. The van der Waals surface area contributed by atoms with E-state index < -0.39 is 0 Å². The van der Waals surface area contributed by atoms with Gasteiger partial charge in [-0.1, -0.05) is 35.9 Å². The number of carbonyl (C=O) groups excluding carboxylic acids is 1. The van der Waals surface area contributed by atoms with Crippen molar-refractivity contribution in [1.29, 1.82) is 5.26 Å². The molecule has 0 bridgehead atoms. The highest BCUT2D eigenvalue weighted by Crippen LogP contribution is 2.30. The van der Waals surface area contributed by atoms with Crippen molar-refractivity contribution in [3.63, 3.8) is 0 Å². The molecule has 0 atom stereocenters. The largest absolute Gasteiger partial charge is 0.486 e. The predicted molar refractivity (Wildman–Crippen MR) is 129 cm³/mol. The molecule has 4 aromatic rings. The topological polar surface area (TPSA) is 95.7 Å². The van der Waals surface area contributed by atoms with Crippen molar-refractivity contribution in [3.8, 4) is 23.5 Å². The van der Waals surface area contributed by atoms with Gasteiger partial charge in [-0.25, -0.2) is 0 Å². The van der Waals surface area contributed by atoms with Gasteiger partial charge in [0.1, 0.15) is 24.2 Å². The molecule has 2 aromatic carbocycles. The molecule has 8 nitrogen and oxygen atoms in total. The normalized spacial score (nSPS) is 13.5. The fourth-order valence-electron chi connectivity index (χ4n) is 3.86. The van der Waals surface area contributed by atoms with Crippen molar-refractivity contribution in [2.75, 3.05) is 31.1 Å². The molecule has 0 radical (unpaired) electrons. The van der Waals surface area contributed by atoms with E-state index in [-0.39, 0.29) is 24.1 Å². The number of hydrogen-bond acceptors (Lipinski definition) is 7. The predicted octanol–water partition coefficient (Wildman–Crippen LogP) is 5.00. The molecule has 2 aromatic heterocycles. The first-order valence-electron chi connectivity index (χ1n) is 11.1. The number of nitrogens with zero attached hydrogens (tertiary/aromatic N) is 4. The van der Waals surface area contributed by atoms with Gasteiger partial charge in [-0.05, 0) is 42.5 Å². The standard InChI is InChI=1S/C26H21ClN4O4/c27-19-6-4-5-18(15-19)25(32)30-11-13-31(14-12-30)26-22(16-28)29-24(35-26)23-10-9-21(34-23)17-33-20-7-2-1-3-8-20/h1-10,15H,11-14,17H2. The third-order valence-electron chi connectivity index (χ3n) is 5.64. The van der Waals surface area contributed by atoms with Gasteiger partial charge in [0.2, 0.25) is 11.6 Å². The van der Waals surface area contributed by atoms with Gasteiger partial charge in [-0.2, -0.15) is 10.2 Å². The number of anilines is 1. The average Bonchev–Trinajstić information content (AvgIpc) is 3.55. The Labute approximate surface area is 206 Å². The zero-order valence-corrected chi connectivity index (χ0v) is 19.4. The number of carbonyl (C=O) groups is 1. The molecule has 0 spiro atoms. The smallest absolute Gasteiger partial charge is 0.266 e. The molecule has 0 aliphatic carbocycles. The van der Waals surface area contributed by atoms with Crippen LogP contribution >= 0.6 is 11.6 Å². The van der Waals surface area contributed by atoms with Gasteiger partial charge in [0.25, 0.3) is 11.8 Å². The summed E-state index contributed by atoms with van der Waals surface area (Å²) >= 11 is 6.02. The summed E-state index contributed by atoms with van der Waals surface area (Å²) in [6.45, 7) is 2.22. The Balaban J connectivity index is 1.25. The highest BCUT2D eigenvalue weighted by Gasteiger charge is 2.27. The fraction of sp³-hybridized carbons (Fsp3) is 0.192. The quantitative estimate of drug-likeness (QED) is 0.376. The minimum absolute atomic E-state index is 0.0771. The number of amides is 1. The summed E-state index contributed by atoms with van der Waals surface area (Å²) in [5, 5.41) is 10.1. The van der Waals surface area contributed by atoms with Crippen molar-refractivity contribution < 1.29 is 18.4 Å². The maximum absolute atomic E-state index is 12.8. The van der Waals surface area contributed by atoms with E-state index in [0.717, 1.165) is 5.75 Å². The average molecular weight is 489 g/mol. The summed E-state index contributed by atoms with van der Waals surface area (Å²) in [7, 11) is 0. The number of benzene rings is 2. The van der Waals surface area contributed by atoms with Crippen LogP contribution in [-0.2, 0) is 6.61 Å². The summed E-state index contributed by atoms with van der Waals surface area (Å²) in [6.07, 6.45) is 0. The van der Waals surface area contributed by atoms with Crippen molar-refractivity contribution in [3.05, 3.63) is 88.8 Å². The van der Waals surface area contributed by atoms with E-state index in [1.807, 2.05) is 35.2 Å². The van der Waals surface area contributed by atoms with Crippen molar-refractivity contribution in [2.24, 2.45) is 0 Å². The summed E-state index contributed by atoms with van der Waals surface area (Å²) in [5.41, 5.74) is 0.726. The van der Waals surface area contributed by atoms with Gasteiger partial charge in [0.15, 0.2) is 5.76 Å². The number of furan rings is 1. The van der Waals surface area contributed by atoms with Crippen LogP contribution in [0.15, 0.2) is 75.6 Å². The third kappa shape index (κ3) is 5.00. The van der Waals surface area contributed by atoms with Crippen molar-refractivity contribution in [1.82, 2.24) is 9.88 Å². The molecule has 0 unspecified atom stereocenters. The molecule has 0 saturated carbocycles. The summed E-state index contributed by atoms with van der Waals surface area (Å²) < 4.78 is 17.5. The maximum atomic E-state index is 12.8. The van der Waals surface area contributed by atoms with Gasteiger partial charge in [-0.15, -0.1) is 0 Å². The Morgan fingerprint density at radius 1 is 1.03 bits per heavy atom. The minimum Gasteiger partial charge on any atom is -0.486 e. The number of para-hydroxylation sites is 1. The fourth-order valence-corrected chi connectivity index (χ4v) is 4.05. The van der Waals surface area contributed by atoms with E-state index in [9.17, 15) is 10.1 Å². The van der Waals surface area contributed by atoms with E-state index >= 15 is 0 Å². The first kappa shape index (κ1) is 22.6. The number of oxazole rings is 1. The van der Waals surface area contributed by atoms with E-state index in [2.05, 4.69) is 11.1 Å². The summed E-state index contributed by atoms with van der Waals surface area (Å²) in [5.74, 6) is 2.27. The number of rotatable bonds is 6. The lowest BCUT2D eigenvalue weighted by atomic mass is 10.2. The monoisotopic (exact) mass is 488 g/mol. The highest BCUT2D eigenvalue weighted by atomic mass is 35.5. The van der Waals surface area contributed by atoms with Crippen LogP contribution in [0.4, 0.5) is 5.88 Å². The lowest BCUT2D eigenvalue weighted by Gasteiger charge is -2.34. The van der Waals surface area contributed by atoms with Crippen LogP contribution in [0.3, 0.4) is 0 Å². The second-order valence-electron chi connectivity index (χ2n) is 7.94. The van der Waals surface area contributed by atoms with Gasteiger partial charge in [0, 0.05) is 36.8 Å². The van der Waals surface area contributed by atoms with Crippen LogP contribution in [0, 0.1) is 11.3 Å². The van der Waals surface area contributed by atoms with E-state index in [1.165, 1.54) is 0 Å². The molecule has 9 heteroatoms. The molecule has 1 aliphatic rings. The molecule has 0 N–H and O–H groups in total. The SMILES string of the molecule is N#Cc1nc(-c2ccc(COc3ccccc3)o2)oc1N1CCN(C(=O)c2cccc(Cl)c2)CC1. The van der Waals surface area contributed by atoms with Crippen LogP contribution in [0.2, 0.25) is 5.02 Å². The molecule has 5 rings (SSSR count). The van der Waals surface area contributed by atoms with E-state index in [4.69, 9.17) is 25.2 Å². The van der Waals surface area contributed by atoms with Crippen molar-refractivity contribution in [2.45, 2.75) is 6.61 Å². The Morgan fingerprint density at radius 3 is 2.57 bits per heavy atom. The maximum Gasteiger partial charge on any atom is 0.266 e. The van der Waals surface area contributed by atoms with E-state index in [0.29, 0.717) is 54.2 Å². The summed E-state index contributed by atoms with van der Waals surface area (Å²) in [6, 6.07) is 22.0. The molecule has 1 fully saturated rings. The lowest BCUT2D eigenvalue weighted by molar-refractivity contribution is 0.0745. The number of hydrogen-bond donors (Lipinski definition) is 0.